The third kappa shape index (κ3) is 2.82. The molecular weight excluding hydrogens is 358 g/mol. The molecule has 130 valence electrons. The molecule has 0 saturated carbocycles. The van der Waals surface area contributed by atoms with Crippen LogP contribution in [-0.4, -0.2) is 28.6 Å². The number of halogens is 1. The molecule has 0 fully saturated rings. The van der Waals surface area contributed by atoms with Crippen molar-refractivity contribution in [3.8, 4) is 0 Å². The highest BCUT2D eigenvalue weighted by atomic mass is 35.5. The number of rotatable bonds is 3. The van der Waals surface area contributed by atoms with Crippen LogP contribution in [0.4, 0.5) is 11.5 Å². The van der Waals surface area contributed by atoms with Crippen molar-refractivity contribution >= 4 is 56.8 Å². The zero-order valence-corrected chi connectivity index (χ0v) is 15.0. The minimum absolute atomic E-state index is 0.608. The molecule has 3 heterocycles. The van der Waals surface area contributed by atoms with E-state index in [1.807, 2.05) is 54.9 Å². The zero-order chi connectivity index (χ0) is 18.2. The molecule has 2 aromatic heterocycles. The van der Waals surface area contributed by atoms with Crippen molar-refractivity contribution in [1.82, 2.24) is 9.97 Å². The number of aromatic nitrogens is 2. The van der Waals surface area contributed by atoms with Gasteiger partial charge in [-0.3, -0.25) is 9.98 Å². The highest BCUT2D eigenvalue weighted by Gasteiger charge is 2.15. The Morgan fingerprint density at radius 1 is 0.963 bits per heavy atom. The van der Waals surface area contributed by atoms with Crippen LogP contribution >= 0.6 is 11.6 Å². The Balaban J connectivity index is 1.78. The topological polar surface area (TPSA) is 62.5 Å². The van der Waals surface area contributed by atoms with E-state index < -0.39 is 0 Å². The first-order valence-electron chi connectivity index (χ1n) is 8.56. The van der Waals surface area contributed by atoms with Crippen molar-refractivity contribution < 1.29 is 0 Å². The number of hydrogen-bond acceptors (Lipinski definition) is 5. The summed E-state index contributed by atoms with van der Waals surface area (Å²) in [7, 11) is 0. The van der Waals surface area contributed by atoms with Gasteiger partial charge in [0.1, 0.15) is 5.82 Å². The van der Waals surface area contributed by atoms with E-state index in [9.17, 15) is 0 Å². The van der Waals surface area contributed by atoms with Crippen LogP contribution in [0, 0.1) is 0 Å². The fourth-order valence-corrected chi connectivity index (χ4v) is 3.49. The van der Waals surface area contributed by atoms with Crippen LogP contribution in [0.3, 0.4) is 0 Å². The van der Waals surface area contributed by atoms with Gasteiger partial charge in [-0.15, -0.1) is 0 Å². The molecule has 0 amide bonds. The number of fused-ring (bicyclic) bond motifs is 3. The van der Waals surface area contributed by atoms with E-state index in [1.165, 1.54) is 0 Å². The van der Waals surface area contributed by atoms with E-state index in [1.54, 1.807) is 6.20 Å². The molecule has 0 bridgehead atoms. The first-order chi connectivity index (χ1) is 13.3. The van der Waals surface area contributed by atoms with Crippen LogP contribution in [0.2, 0.25) is 5.02 Å². The summed E-state index contributed by atoms with van der Waals surface area (Å²) >= 11 is 6.13. The standard InChI is InChI=1S/C21H14ClN5/c22-13-3-1-4-14(11-13)26-21-18-12-23-8-7-15(18)16-5-2-6-17(19(16)27-21)20-24-9-10-25-20/h1-9,11-12H,10H2,(H,26,27). The van der Waals surface area contributed by atoms with Crippen molar-refractivity contribution in [3.05, 3.63) is 71.5 Å². The summed E-state index contributed by atoms with van der Waals surface area (Å²) in [5.74, 6) is 1.44. The fourth-order valence-electron chi connectivity index (χ4n) is 3.30. The molecule has 0 spiro atoms. The van der Waals surface area contributed by atoms with Gasteiger partial charge in [-0.1, -0.05) is 29.8 Å². The average Bonchev–Trinajstić information content (AvgIpc) is 3.22. The van der Waals surface area contributed by atoms with Gasteiger partial charge in [0.2, 0.25) is 0 Å². The predicted molar refractivity (Wildman–Crippen MR) is 112 cm³/mol. The largest absolute Gasteiger partial charge is 0.340 e. The summed E-state index contributed by atoms with van der Waals surface area (Å²) in [4.78, 5) is 18.1. The third-order valence-corrected chi connectivity index (χ3v) is 4.73. The number of nitrogens with zero attached hydrogens (tertiary/aromatic N) is 4. The lowest BCUT2D eigenvalue weighted by Gasteiger charge is -2.13. The number of pyridine rings is 2. The molecule has 5 nitrogen and oxygen atoms in total. The van der Waals surface area contributed by atoms with E-state index >= 15 is 0 Å². The third-order valence-electron chi connectivity index (χ3n) is 4.49. The molecular formula is C21H14ClN5. The van der Waals surface area contributed by atoms with Gasteiger partial charge in [-0.05, 0) is 35.7 Å². The first-order valence-corrected chi connectivity index (χ1v) is 8.94. The number of hydrogen-bond donors (Lipinski definition) is 1. The summed E-state index contributed by atoms with van der Waals surface area (Å²) in [5.41, 5.74) is 2.65. The Kier molecular flexibility index (Phi) is 3.80. The van der Waals surface area contributed by atoms with Gasteiger partial charge in [0.25, 0.3) is 0 Å². The molecule has 1 N–H and O–H groups in total. The molecule has 0 atom stereocenters. The summed E-state index contributed by atoms with van der Waals surface area (Å²) in [6.07, 6.45) is 5.43. The van der Waals surface area contributed by atoms with Crippen LogP contribution in [-0.2, 0) is 0 Å². The summed E-state index contributed by atoms with van der Waals surface area (Å²) in [6.45, 7) is 0.608. The highest BCUT2D eigenvalue weighted by Crippen LogP contribution is 2.32. The Morgan fingerprint density at radius 2 is 1.89 bits per heavy atom. The minimum atomic E-state index is 0.608. The SMILES string of the molecule is Clc1cccc(Nc2nc3c(C4=NCC=N4)cccc3c3ccncc23)c1. The molecule has 2 aromatic carbocycles. The lowest BCUT2D eigenvalue weighted by atomic mass is 10.0. The molecule has 6 heteroatoms. The van der Waals surface area contributed by atoms with Crippen molar-refractivity contribution in [3.63, 3.8) is 0 Å². The lowest BCUT2D eigenvalue weighted by Crippen LogP contribution is -2.01. The predicted octanol–water partition coefficient (Wildman–Crippen LogP) is 5.01. The second-order valence-corrected chi connectivity index (χ2v) is 6.63. The van der Waals surface area contributed by atoms with Gasteiger partial charge < -0.3 is 5.32 Å². The monoisotopic (exact) mass is 371 g/mol. The maximum Gasteiger partial charge on any atom is 0.156 e. The summed E-state index contributed by atoms with van der Waals surface area (Å²) < 4.78 is 0. The Hall–Kier alpha value is -3.31. The molecule has 0 saturated heterocycles. The van der Waals surface area contributed by atoms with E-state index in [0.717, 1.165) is 44.6 Å². The van der Waals surface area contributed by atoms with Crippen LogP contribution in [0.5, 0.6) is 0 Å². The molecule has 0 radical (unpaired) electrons. The molecule has 1 aliphatic heterocycles. The van der Waals surface area contributed by atoms with Gasteiger partial charge in [0, 0.05) is 45.7 Å². The lowest BCUT2D eigenvalue weighted by molar-refractivity contribution is 1.33. The van der Waals surface area contributed by atoms with Gasteiger partial charge in [0.15, 0.2) is 5.84 Å². The smallest absolute Gasteiger partial charge is 0.156 e. The highest BCUT2D eigenvalue weighted by molar-refractivity contribution is 6.30. The van der Waals surface area contributed by atoms with Crippen molar-refractivity contribution in [2.45, 2.75) is 0 Å². The molecule has 1 aliphatic rings. The maximum atomic E-state index is 6.13. The molecule has 0 aliphatic carbocycles. The Labute approximate surface area is 160 Å². The second kappa shape index (κ2) is 6.45. The van der Waals surface area contributed by atoms with Gasteiger partial charge in [-0.25, -0.2) is 9.98 Å². The fraction of sp³-hybridized carbons (Fsp3) is 0.0476. The summed E-state index contributed by atoms with van der Waals surface area (Å²) in [5, 5.41) is 7.11. The number of amidine groups is 1. The Morgan fingerprint density at radius 3 is 2.74 bits per heavy atom. The number of aliphatic imine (C=N–C) groups is 2. The molecule has 0 unspecified atom stereocenters. The van der Waals surface area contributed by atoms with Crippen LogP contribution in [0.25, 0.3) is 21.7 Å². The second-order valence-electron chi connectivity index (χ2n) is 6.19. The van der Waals surface area contributed by atoms with E-state index in [-0.39, 0.29) is 0 Å². The van der Waals surface area contributed by atoms with Crippen molar-refractivity contribution in [1.29, 1.82) is 0 Å². The minimum Gasteiger partial charge on any atom is -0.340 e. The first kappa shape index (κ1) is 15.9. The van der Waals surface area contributed by atoms with Gasteiger partial charge in [-0.2, -0.15) is 0 Å². The molecule has 5 rings (SSSR count). The summed E-state index contributed by atoms with van der Waals surface area (Å²) in [6, 6.07) is 15.7. The average molecular weight is 372 g/mol. The van der Waals surface area contributed by atoms with Gasteiger partial charge in [0.05, 0.1) is 12.1 Å². The number of para-hydroxylation sites is 1. The van der Waals surface area contributed by atoms with Crippen LogP contribution in [0.1, 0.15) is 5.56 Å². The quantitative estimate of drug-likeness (QED) is 0.515. The van der Waals surface area contributed by atoms with E-state index in [0.29, 0.717) is 11.6 Å². The van der Waals surface area contributed by atoms with E-state index in [4.69, 9.17) is 16.6 Å². The number of anilines is 2. The number of nitrogens with one attached hydrogen (secondary N) is 1. The Bertz CT molecular complexity index is 1250. The van der Waals surface area contributed by atoms with Crippen molar-refractivity contribution in [2.24, 2.45) is 9.98 Å². The molecule has 4 aromatic rings. The van der Waals surface area contributed by atoms with Crippen LogP contribution < -0.4 is 5.32 Å². The zero-order valence-electron chi connectivity index (χ0n) is 14.2. The normalized spacial score (nSPS) is 13.3. The van der Waals surface area contributed by atoms with Crippen LogP contribution in [0.15, 0.2) is 70.9 Å². The molecule has 27 heavy (non-hydrogen) atoms. The maximum absolute atomic E-state index is 6.13. The number of benzene rings is 2. The van der Waals surface area contributed by atoms with E-state index in [2.05, 4.69) is 26.4 Å². The van der Waals surface area contributed by atoms with Gasteiger partial charge >= 0.3 is 0 Å². The van der Waals surface area contributed by atoms with Crippen molar-refractivity contribution in [2.75, 3.05) is 11.9 Å².